The Morgan fingerprint density at radius 1 is 1.10 bits per heavy atom. The molecule has 0 radical (unpaired) electrons. The molecule has 2 aromatic heterocycles. The Morgan fingerprint density at radius 2 is 1.85 bits per heavy atom. The van der Waals surface area contributed by atoms with E-state index in [1.54, 1.807) is 0 Å². The van der Waals surface area contributed by atoms with Crippen LogP contribution in [0.25, 0.3) is 0 Å². The third-order valence-corrected chi connectivity index (χ3v) is 4.02. The van der Waals surface area contributed by atoms with Crippen LogP contribution in [-0.2, 0) is 38.7 Å². The lowest BCUT2D eigenvalue weighted by Gasteiger charge is -2.07. The van der Waals surface area contributed by atoms with E-state index in [0.29, 0.717) is 5.88 Å². The summed E-state index contributed by atoms with van der Waals surface area (Å²) in [5.74, 6) is 0.540. The van der Waals surface area contributed by atoms with Crippen LogP contribution < -0.4 is 0 Å². The smallest absolute Gasteiger partial charge is 0.0831 e. The fourth-order valence-corrected chi connectivity index (χ4v) is 2.91. The first-order valence-corrected chi connectivity index (χ1v) is 7.83. The lowest BCUT2D eigenvalue weighted by molar-refractivity contribution is 0.592. The zero-order valence-electron chi connectivity index (χ0n) is 12.8. The van der Waals surface area contributed by atoms with Crippen molar-refractivity contribution >= 4 is 11.6 Å². The number of nitrogens with zero attached hydrogens (tertiary/aromatic N) is 4. The first-order chi connectivity index (χ1) is 9.64. The van der Waals surface area contributed by atoms with Gasteiger partial charge in [0.15, 0.2) is 0 Å². The molecular formula is C15H23ClN4. The van der Waals surface area contributed by atoms with E-state index in [1.807, 2.05) is 11.7 Å². The normalized spacial score (nSPS) is 11.2. The van der Waals surface area contributed by atoms with Crippen molar-refractivity contribution in [2.24, 2.45) is 7.05 Å². The summed E-state index contributed by atoms with van der Waals surface area (Å²) in [6.45, 7) is 7.17. The summed E-state index contributed by atoms with van der Waals surface area (Å²) in [6.07, 6.45) is 2.84. The van der Waals surface area contributed by atoms with Crippen LogP contribution in [0.15, 0.2) is 6.07 Å². The highest BCUT2D eigenvalue weighted by Crippen LogP contribution is 2.20. The van der Waals surface area contributed by atoms with E-state index in [1.165, 1.54) is 17.0 Å². The van der Waals surface area contributed by atoms with E-state index in [0.717, 1.165) is 37.2 Å². The highest BCUT2D eigenvalue weighted by molar-refractivity contribution is 6.17. The Kier molecular flexibility index (Phi) is 4.86. The van der Waals surface area contributed by atoms with Crippen LogP contribution in [0.3, 0.4) is 0 Å². The SMILES string of the molecule is CCc1cc(Cn2nc(CC)c(CCl)c2CC)n(C)n1. The average Bonchev–Trinajstić information content (AvgIpc) is 2.99. The van der Waals surface area contributed by atoms with Gasteiger partial charge in [-0.1, -0.05) is 20.8 Å². The van der Waals surface area contributed by atoms with Crippen molar-refractivity contribution in [2.45, 2.75) is 52.5 Å². The molecule has 0 N–H and O–H groups in total. The highest BCUT2D eigenvalue weighted by Gasteiger charge is 2.16. The van der Waals surface area contributed by atoms with E-state index < -0.39 is 0 Å². The number of halogens is 1. The molecule has 0 atom stereocenters. The molecule has 0 bridgehead atoms. The Labute approximate surface area is 125 Å². The van der Waals surface area contributed by atoms with Gasteiger partial charge in [-0.25, -0.2) is 0 Å². The molecule has 2 aromatic rings. The summed E-state index contributed by atoms with van der Waals surface area (Å²) in [5, 5.41) is 9.23. The summed E-state index contributed by atoms with van der Waals surface area (Å²) in [7, 11) is 1.99. The van der Waals surface area contributed by atoms with Gasteiger partial charge in [-0.2, -0.15) is 10.2 Å². The van der Waals surface area contributed by atoms with Gasteiger partial charge in [-0.05, 0) is 25.3 Å². The van der Waals surface area contributed by atoms with E-state index in [4.69, 9.17) is 16.7 Å². The van der Waals surface area contributed by atoms with E-state index in [2.05, 4.69) is 36.6 Å². The Hall–Kier alpha value is -1.29. The molecule has 0 spiro atoms. The summed E-state index contributed by atoms with van der Waals surface area (Å²) >= 11 is 6.10. The molecule has 0 aliphatic carbocycles. The summed E-state index contributed by atoms with van der Waals surface area (Å²) in [6, 6.07) is 2.16. The van der Waals surface area contributed by atoms with Crippen LogP contribution in [-0.4, -0.2) is 19.6 Å². The number of aryl methyl sites for hydroxylation is 3. The molecule has 2 heterocycles. The van der Waals surface area contributed by atoms with Crippen molar-refractivity contribution in [3.63, 3.8) is 0 Å². The maximum atomic E-state index is 6.10. The highest BCUT2D eigenvalue weighted by atomic mass is 35.5. The molecule has 2 rings (SSSR count). The van der Waals surface area contributed by atoms with Crippen molar-refractivity contribution in [3.05, 3.63) is 34.4 Å². The second-order valence-electron chi connectivity index (χ2n) is 4.97. The third kappa shape index (κ3) is 2.75. The minimum atomic E-state index is 0.540. The largest absolute Gasteiger partial charge is 0.270 e. The fourth-order valence-electron chi connectivity index (χ4n) is 2.60. The summed E-state index contributed by atoms with van der Waals surface area (Å²) < 4.78 is 4.04. The Bertz CT molecular complexity index is 583. The predicted octanol–water partition coefficient (Wildman–Crippen LogP) is 3.09. The molecule has 4 nitrogen and oxygen atoms in total. The molecule has 0 amide bonds. The number of alkyl halides is 1. The van der Waals surface area contributed by atoms with Crippen molar-refractivity contribution in [2.75, 3.05) is 0 Å². The molecule has 0 saturated carbocycles. The van der Waals surface area contributed by atoms with Crippen molar-refractivity contribution in [1.29, 1.82) is 0 Å². The average molecular weight is 295 g/mol. The second-order valence-corrected chi connectivity index (χ2v) is 5.24. The zero-order valence-corrected chi connectivity index (χ0v) is 13.5. The van der Waals surface area contributed by atoms with Gasteiger partial charge in [0.25, 0.3) is 0 Å². The quantitative estimate of drug-likeness (QED) is 0.768. The molecule has 0 fully saturated rings. The lowest BCUT2D eigenvalue weighted by Crippen LogP contribution is -2.10. The lowest BCUT2D eigenvalue weighted by atomic mass is 10.1. The van der Waals surface area contributed by atoms with E-state index in [-0.39, 0.29) is 0 Å². The molecule has 0 aromatic carbocycles. The van der Waals surface area contributed by atoms with Gasteiger partial charge in [0.1, 0.15) is 0 Å². The van der Waals surface area contributed by atoms with Gasteiger partial charge >= 0.3 is 0 Å². The minimum Gasteiger partial charge on any atom is -0.270 e. The Morgan fingerprint density at radius 3 is 2.35 bits per heavy atom. The topological polar surface area (TPSA) is 35.6 Å². The van der Waals surface area contributed by atoms with Crippen molar-refractivity contribution < 1.29 is 0 Å². The molecule has 5 heteroatoms. The maximum absolute atomic E-state index is 6.10. The Balaban J connectivity index is 2.37. The number of hydrogen-bond donors (Lipinski definition) is 0. The van der Waals surface area contributed by atoms with Crippen LogP contribution >= 0.6 is 11.6 Å². The summed E-state index contributed by atoms with van der Waals surface area (Å²) in [5.41, 5.74) is 5.88. The maximum Gasteiger partial charge on any atom is 0.0831 e. The predicted molar refractivity (Wildman–Crippen MR) is 82.2 cm³/mol. The van der Waals surface area contributed by atoms with Crippen LogP contribution in [0.1, 0.15) is 49.1 Å². The van der Waals surface area contributed by atoms with Crippen LogP contribution in [0.4, 0.5) is 0 Å². The minimum absolute atomic E-state index is 0.540. The van der Waals surface area contributed by atoms with Gasteiger partial charge in [-0.15, -0.1) is 11.6 Å². The standard InChI is InChI=1S/C15H23ClN4/c1-5-11-8-12(19(4)17-11)10-20-15(7-3)13(9-16)14(6-2)18-20/h8H,5-7,9-10H2,1-4H3. The van der Waals surface area contributed by atoms with Gasteiger partial charge in [0.05, 0.1) is 29.5 Å². The molecule has 0 aliphatic rings. The molecule has 110 valence electrons. The summed E-state index contributed by atoms with van der Waals surface area (Å²) in [4.78, 5) is 0. The van der Waals surface area contributed by atoms with Gasteiger partial charge in [0.2, 0.25) is 0 Å². The molecule has 0 unspecified atom stereocenters. The van der Waals surface area contributed by atoms with Gasteiger partial charge in [-0.3, -0.25) is 9.36 Å². The van der Waals surface area contributed by atoms with Crippen molar-refractivity contribution in [1.82, 2.24) is 19.6 Å². The number of aromatic nitrogens is 4. The number of rotatable bonds is 6. The fraction of sp³-hybridized carbons (Fsp3) is 0.600. The van der Waals surface area contributed by atoms with E-state index >= 15 is 0 Å². The molecule has 0 saturated heterocycles. The monoisotopic (exact) mass is 294 g/mol. The van der Waals surface area contributed by atoms with Crippen LogP contribution in [0.5, 0.6) is 0 Å². The van der Waals surface area contributed by atoms with Crippen LogP contribution in [0, 0.1) is 0 Å². The van der Waals surface area contributed by atoms with Crippen LogP contribution in [0.2, 0.25) is 0 Å². The first-order valence-electron chi connectivity index (χ1n) is 7.29. The molecular weight excluding hydrogens is 272 g/mol. The van der Waals surface area contributed by atoms with Gasteiger partial charge in [0, 0.05) is 18.3 Å². The molecule has 20 heavy (non-hydrogen) atoms. The van der Waals surface area contributed by atoms with E-state index in [9.17, 15) is 0 Å². The third-order valence-electron chi connectivity index (χ3n) is 3.75. The van der Waals surface area contributed by atoms with Gasteiger partial charge < -0.3 is 0 Å². The second kappa shape index (κ2) is 6.44. The molecule has 0 aliphatic heterocycles. The zero-order chi connectivity index (χ0) is 14.7. The van der Waals surface area contributed by atoms with Crippen molar-refractivity contribution in [3.8, 4) is 0 Å². The first kappa shape index (κ1) is 15.1. The number of hydrogen-bond acceptors (Lipinski definition) is 2.